The zero-order valence-electron chi connectivity index (χ0n) is 11.9. The van der Waals surface area contributed by atoms with Gasteiger partial charge in [0, 0.05) is 0 Å². The Morgan fingerprint density at radius 3 is 3.05 bits per heavy atom. The summed E-state index contributed by atoms with van der Waals surface area (Å²) in [5.41, 5.74) is 1.84. The van der Waals surface area contributed by atoms with Crippen LogP contribution in [0, 0.1) is 0 Å². The van der Waals surface area contributed by atoms with Crippen molar-refractivity contribution in [2.24, 2.45) is 8.73 Å². The molecule has 1 atom stereocenters. The van der Waals surface area contributed by atoms with E-state index in [4.69, 9.17) is 9.47 Å². The van der Waals surface area contributed by atoms with Crippen molar-refractivity contribution in [1.29, 1.82) is 0 Å². The molecule has 22 heavy (non-hydrogen) atoms. The molecule has 0 aliphatic carbocycles. The smallest absolute Gasteiger partial charge is 0.335 e. The molecule has 1 heterocycles. The number of nitrogens with zero attached hydrogens (tertiary/aromatic N) is 2. The molecule has 1 aromatic rings. The van der Waals surface area contributed by atoms with Gasteiger partial charge in [0.15, 0.2) is 12.7 Å². The third kappa shape index (κ3) is 4.09. The quantitative estimate of drug-likeness (QED) is 0.626. The maximum absolute atomic E-state index is 11.8. The average Bonchev–Trinajstić information content (AvgIpc) is 2.99. The molecule has 0 saturated heterocycles. The lowest BCUT2D eigenvalue weighted by atomic mass is 10.2. The SMILES string of the molecule is C=CCOC(C)C(=O)OCC(=O)Nc1cccc2c1N=S=N2. The highest BCUT2D eigenvalue weighted by Gasteiger charge is 2.17. The molecule has 1 aromatic carbocycles. The van der Waals surface area contributed by atoms with Gasteiger partial charge in [-0.2, -0.15) is 8.73 Å². The molecule has 1 N–H and O–H groups in total. The van der Waals surface area contributed by atoms with Crippen molar-refractivity contribution in [2.75, 3.05) is 18.5 Å². The highest BCUT2D eigenvalue weighted by Crippen LogP contribution is 2.38. The lowest BCUT2D eigenvalue weighted by molar-refractivity contribution is -0.157. The van der Waals surface area contributed by atoms with Gasteiger partial charge in [-0.3, -0.25) is 4.79 Å². The van der Waals surface area contributed by atoms with Gasteiger partial charge < -0.3 is 14.8 Å². The van der Waals surface area contributed by atoms with Crippen molar-refractivity contribution < 1.29 is 19.1 Å². The second-order valence-corrected chi connectivity index (χ2v) is 4.89. The van der Waals surface area contributed by atoms with E-state index in [1.54, 1.807) is 25.1 Å². The van der Waals surface area contributed by atoms with Gasteiger partial charge >= 0.3 is 5.97 Å². The van der Waals surface area contributed by atoms with Crippen molar-refractivity contribution in [3.8, 4) is 0 Å². The fourth-order valence-corrected chi connectivity index (χ4v) is 2.18. The van der Waals surface area contributed by atoms with E-state index in [-0.39, 0.29) is 6.61 Å². The molecular formula is C14H15N3O4S. The van der Waals surface area contributed by atoms with Gasteiger partial charge in [0.05, 0.1) is 23.6 Å². The van der Waals surface area contributed by atoms with Crippen molar-refractivity contribution in [1.82, 2.24) is 0 Å². The first-order chi connectivity index (χ1) is 10.6. The minimum absolute atomic E-state index is 0.237. The van der Waals surface area contributed by atoms with Gasteiger partial charge in [0.25, 0.3) is 5.91 Å². The Bertz CT molecular complexity index is 668. The van der Waals surface area contributed by atoms with Crippen molar-refractivity contribution in [3.05, 3.63) is 30.9 Å². The Balaban J connectivity index is 1.84. The Morgan fingerprint density at radius 1 is 1.45 bits per heavy atom. The third-order valence-corrected chi connectivity index (χ3v) is 3.24. The van der Waals surface area contributed by atoms with Crippen LogP contribution in [0.25, 0.3) is 0 Å². The molecule has 1 aliphatic rings. The minimum Gasteiger partial charge on any atom is -0.454 e. The molecule has 1 amide bonds. The van der Waals surface area contributed by atoms with Gasteiger partial charge in [-0.1, -0.05) is 12.1 Å². The fourth-order valence-electron chi connectivity index (χ4n) is 1.63. The standard InChI is InChI=1S/C14H15N3O4S/c1-3-7-20-9(2)14(19)21-8-12(18)15-10-5-4-6-11-13(10)17-22-16-11/h3-6,9H,1,7-8H2,2H3,(H,15,18). The lowest BCUT2D eigenvalue weighted by Gasteiger charge is -2.12. The van der Waals surface area contributed by atoms with Crippen LogP contribution in [0.15, 0.2) is 39.6 Å². The largest absolute Gasteiger partial charge is 0.454 e. The third-order valence-electron chi connectivity index (χ3n) is 2.70. The number of hydrogen-bond acceptors (Lipinski definition) is 6. The van der Waals surface area contributed by atoms with E-state index < -0.39 is 24.6 Å². The monoisotopic (exact) mass is 321 g/mol. The minimum atomic E-state index is -0.753. The summed E-state index contributed by atoms with van der Waals surface area (Å²) in [6.07, 6.45) is 0.774. The molecule has 1 unspecified atom stereocenters. The predicted molar refractivity (Wildman–Crippen MR) is 83.2 cm³/mol. The van der Waals surface area contributed by atoms with Gasteiger partial charge in [-0.15, -0.1) is 6.58 Å². The molecule has 0 saturated carbocycles. The number of amides is 1. The summed E-state index contributed by atoms with van der Waals surface area (Å²) in [5, 5.41) is 2.64. The van der Waals surface area contributed by atoms with E-state index in [1.807, 2.05) is 0 Å². The Morgan fingerprint density at radius 2 is 2.27 bits per heavy atom. The van der Waals surface area contributed by atoms with Crippen LogP contribution in [0.2, 0.25) is 0 Å². The van der Waals surface area contributed by atoms with E-state index in [0.29, 0.717) is 17.1 Å². The first-order valence-corrected chi connectivity index (χ1v) is 7.25. The number of ether oxygens (including phenoxy) is 2. The first-order valence-electron chi connectivity index (χ1n) is 6.52. The average molecular weight is 321 g/mol. The van der Waals surface area contributed by atoms with Crippen LogP contribution < -0.4 is 5.32 Å². The lowest BCUT2D eigenvalue weighted by Crippen LogP contribution is -2.28. The number of benzene rings is 1. The normalized spacial score (nSPS) is 13.0. The summed E-state index contributed by atoms with van der Waals surface area (Å²) >= 11 is 1.06. The maximum Gasteiger partial charge on any atom is 0.335 e. The van der Waals surface area contributed by atoms with E-state index in [2.05, 4.69) is 20.6 Å². The van der Waals surface area contributed by atoms with Crippen molar-refractivity contribution in [3.63, 3.8) is 0 Å². The molecule has 1 aliphatic heterocycles. The number of esters is 1. The number of carbonyl (C=O) groups excluding carboxylic acids is 2. The van der Waals surface area contributed by atoms with E-state index >= 15 is 0 Å². The van der Waals surface area contributed by atoms with Crippen LogP contribution in [0.5, 0.6) is 0 Å². The highest BCUT2D eigenvalue weighted by molar-refractivity contribution is 7.58. The number of rotatable bonds is 7. The molecule has 0 fully saturated rings. The van der Waals surface area contributed by atoms with E-state index in [1.165, 1.54) is 6.08 Å². The van der Waals surface area contributed by atoms with Crippen molar-refractivity contribution in [2.45, 2.75) is 13.0 Å². The molecule has 8 heteroatoms. The van der Waals surface area contributed by atoms with Gasteiger partial charge in [0.1, 0.15) is 11.4 Å². The summed E-state index contributed by atoms with van der Waals surface area (Å²) < 4.78 is 18.2. The summed E-state index contributed by atoms with van der Waals surface area (Å²) in [5.74, 6) is -1.06. The number of hydrogen-bond donors (Lipinski definition) is 1. The van der Waals surface area contributed by atoms with Crippen LogP contribution >= 0.6 is 0 Å². The highest BCUT2D eigenvalue weighted by atomic mass is 32.1. The fraction of sp³-hybridized carbons (Fsp3) is 0.286. The van der Waals surface area contributed by atoms with Crippen LogP contribution in [0.1, 0.15) is 6.92 Å². The second-order valence-electron chi connectivity index (χ2n) is 4.36. The number of fused-ring (bicyclic) bond motifs is 1. The molecule has 0 spiro atoms. The van der Waals surface area contributed by atoms with Crippen molar-refractivity contribution >= 4 is 40.3 Å². The number of anilines is 1. The topological polar surface area (TPSA) is 89.3 Å². The Labute approximate surface area is 131 Å². The van der Waals surface area contributed by atoms with Gasteiger partial charge in [-0.05, 0) is 19.1 Å². The van der Waals surface area contributed by atoms with E-state index in [0.717, 1.165) is 11.4 Å². The van der Waals surface area contributed by atoms with E-state index in [9.17, 15) is 9.59 Å². The van der Waals surface area contributed by atoms with Gasteiger partial charge in [-0.25, -0.2) is 4.79 Å². The number of carbonyl (C=O) groups is 2. The summed E-state index contributed by atoms with van der Waals surface area (Å²) in [6, 6.07) is 5.27. The summed E-state index contributed by atoms with van der Waals surface area (Å²) in [7, 11) is 0. The van der Waals surface area contributed by atoms with Crippen LogP contribution in [0.3, 0.4) is 0 Å². The molecular weight excluding hydrogens is 306 g/mol. The molecule has 0 radical (unpaired) electrons. The van der Waals surface area contributed by atoms with Crippen LogP contribution in [-0.2, 0) is 30.4 Å². The number of nitrogens with one attached hydrogen (secondary N) is 1. The predicted octanol–water partition coefficient (Wildman–Crippen LogP) is 2.49. The second kappa shape index (κ2) is 7.62. The zero-order valence-corrected chi connectivity index (χ0v) is 12.8. The van der Waals surface area contributed by atoms with Crippen LogP contribution in [-0.4, -0.2) is 31.2 Å². The Hall–Kier alpha value is -2.32. The molecule has 0 bridgehead atoms. The molecule has 2 rings (SSSR count). The summed E-state index contributed by atoms with van der Waals surface area (Å²) in [6.45, 7) is 4.87. The van der Waals surface area contributed by atoms with Gasteiger partial charge in [0.2, 0.25) is 0 Å². The summed E-state index contributed by atoms with van der Waals surface area (Å²) in [4.78, 5) is 23.4. The molecule has 116 valence electrons. The molecule has 0 aromatic heterocycles. The zero-order chi connectivity index (χ0) is 15.9. The first kappa shape index (κ1) is 16.1. The Kier molecular flexibility index (Phi) is 5.56. The van der Waals surface area contributed by atoms with Crippen LogP contribution in [0.4, 0.5) is 17.1 Å². The maximum atomic E-state index is 11.8. The molecule has 7 nitrogen and oxygen atoms in total.